The van der Waals surface area contributed by atoms with Gasteiger partial charge in [-0.1, -0.05) is 6.08 Å². The molecule has 3 aliphatic rings. The zero-order chi connectivity index (χ0) is 11.8. The predicted octanol–water partition coefficient (Wildman–Crippen LogP) is 0.842. The van der Waals surface area contributed by atoms with E-state index in [2.05, 4.69) is 9.98 Å². The van der Waals surface area contributed by atoms with Crippen molar-refractivity contribution in [2.45, 2.75) is 19.3 Å². The van der Waals surface area contributed by atoms with Gasteiger partial charge in [0.2, 0.25) is 11.9 Å². The molecule has 1 amide bonds. The van der Waals surface area contributed by atoms with Crippen LogP contribution < -0.4 is 0 Å². The second kappa shape index (κ2) is 3.98. The fraction of sp³-hybridized carbons (Fsp3) is 0.583. The van der Waals surface area contributed by atoms with Gasteiger partial charge >= 0.3 is 0 Å². The Labute approximate surface area is 101 Å². The highest BCUT2D eigenvalue weighted by Gasteiger charge is 2.37. The second-order valence-electron chi connectivity index (χ2n) is 4.66. The number of guanidine groups is 1. The Bertz CT molecular complexity index is 438. The van der Waals surface area contributed by atoms with Gasteiger partial charge in [-0.3, -0.25) is 14.7 Å². The van der Waals surface area contributed by atoms with Crippen LogP contribution in [0, 0.1) is 5.92 Å². The lowest BCUT2D eigenvalue weighted by molar-refractivity contribution is -0.127. The van der Waals surface area contributed by atoms with Gasteiger partial charge in [-0.05, 0) is 12.8 Å². The van der Waals surface area contributed by atoms with Gasteiger partial charge in [0.25, 0.3) is 0 Å². The SMILES string of the molecule is CN1C2=NCCCC2CN2C(=O)CC=CN=C12. The molecule has 0 radical (unpaired) electrons. The van der Waals surface area contributed by atoms with Gasteiger partial charge in [0.15, 0.2) is 0 Å². The lowest BCUT2D eigenvalue weighted by Gasteiger charge is -2.41. The van der Waals surface area contributed by atoms with Gasteiger partial charge < -0.3 is 4.90 Å². The van der Waals surface area contributed by atoms with E-state index in [9.17, 15) is 4.79 Å². The molecule has 5 heteroatoms. The number of hydrogen-bond donors (Lipinski definition) is 0. The number of amides is 1. The van der Waals surface area contributed by atoms with E-state index in [0.717, 1.165) is 37.7 Å². The third-order valence-electron chi connectivity index (χ3n) is 3.53. The van der Waals surface area contributed by atoms with Crippen LogP contribution in [0.25, 0.3) is 0 Å². The van der Waals surface area contributed by atoms with Crippen LogP contribution in [0.4, 0.5) is 0 Å². The molecule has 1 fully saturated rings. The number of nitrogens with zero attached hydrogens (tertiary/aromatic N) is 4. The molecule has 0 spiro atoms. The Morgan fingerprint density at radius 3 is 3.24 bits per heavy atom. The van der Waals surface area contributed by atoms with Gasteiger partial charge in [0.1, 0.15) is 5.84 Å². The van der Waals surface area contributed by atoms with Crippen LogP contribution >= 0.6 is 0 Å². The standard InChI is InChI=1S/C12H16N4O/c1-15-11-9(4-2-6-13-11)8-16-10(17)5-3-7-14-12(15)16/h3,7,9H,2,4-6,8H2,1H3. The maximum atomic E-state index is 12.0. The smallest absolute Gasteiger partial charge is 0.233 e. The number of fused-ring (bicyclic) bond motifs is 2. The van der Waals surface area contributed by atoms with Gasteiger partial charge in [0, 0.05) is 38.7 Å². The Morgan fingerprint density at radius 1 is 1.47 bits per heavy atom. The lowest BCUT2D eigenvalue weighted by atomic mass is 9.95. The highest BCUT2D eigenvalue weighted by Crippen LogP contribution is 2.25. The summed E-state index contributed by atoms with van der Waals surface area (Å²) in [4.78, 5) is 24.7. The van der Waals surface area contributed by atoms with Crippen molar-refractivity contribution in [2.75, 3.05) is 20.1 Å². The topological polar surface area (TPSA) is 48.3 Å². The molecule has 5 nitrogen and oxygen atoms in total. The number of carbonyl (C=O) groups excluding carboxylic acids is 1. The lowest BCUT2D eigenvalue weighted by Crippen LogP contribution is -2.58. The zero-order valence-electron chi connectivity index (χ0n) is 9.96. The minimum Gasteiger partial charge on any atom is -0.303 e. The summed E-state index contributed by atoms with van der Waals surface area (Å²) in [5, 5.41) is 0. The molecule has 0 bridgehead atoms. The summed E-state index contributed by atoms with van der Waals surface area (Å²) in [5.74, 6) is 2.33. The first kappa shape index (κ1) is 10.5. The molecule has 0 aromatic heterocycles. The molecular weight excluding hydrogens is 216 g/mol. The van der Waals surface area contributed by atoms with Gasteiger partial charge in [-0.2, -0.15) is 0 Å². The van der Waals surface area contributed by atoms with Crippen LogP contribution in [-0.4, -0.2) is 47.6 Å². The molecule has 3 aliphatic heterocycles. The first-order valence-electron chi connectivity index (χ1n) is 6.08. The quantitative estimate of drug-likeness (QED) is 0.621. The number of amidine groups is 1. The summed E-state index contributed by atoms with van der Waals surface area (Å²) in [6, 6.07) is 0. The molecule has 0 aromatic carbocycles. The minimum atomic E-state index is 0.133. The van der Waals surface area contributed by atoms with Crippen molar-refractivity contribution in [1.82, 2.24) is 9.80 Å². The summed E-state index contributed by atoms with van der Waals surface area (Å²) in [6.45, 7) is 1.63. The molecule has 90 valence electrons. The van der Waals surface area contributed by atoms with E-state index < -0.39 is 0 Å². The molecular formula is C12H16N4O. The maximum Gasteiger partial charge on any atom is 0.233 e. The Morgan fingerprint density at radius 2 is 2.35 bits per heavy atom. The average molecular weight is 232 g/mol. The number of hydrogen-bond acceptors (Lipinski definition) is 4. The fourth-order valence-corrected chi connectivity index (χ4v) is 2.68. The third-order valence-corrected chi connectivity index (χ3v) is 3.53. The molecule has 0 aliphatic carbocycles. The summed E-state index contributed by atoms with van der Waals surface area (Å²) in [6.07, 6.45) is 6.21. The van der Waals surface area contributed by atoms with Crippen LogP contribution in [0.15, 0.2) is 22.3 Å². The number of carbonyl (C=O) groups is 1. The van der Waals surface area contributed by atoms with Crippen molar-refractivity contribution in [1.29, 1.82) is 0 Å². The highest BCUT2D eigenvalue weighted by atomic mass is 16.2. The van der Waals surface area contributed by atoms with E-state index in [-0.39, 0.29) is 5.91 Å². The van der Waals surface area contributed by atoms with E-state index >= 15 is 0 Å². The van der Waals surface area contributed by atoms with Crippen LogP contribution in [0.2, 0.25) is 0 Å². The fourth-order valence-electron chi connectivity index (χ4n) is 2.68. The Balaban J connectivity index is 1.99. The van der Waals surface area contributed by atoms with E-state index in [1.807, 2.05) is 18.0 Å². The minimum absolute atomic E-state index is 0.133. The van der Waals surface area contributed by atoms with Crippen molar-refractivity contribution in [3.8, 4) is 0 Å². The first-order valence-corrected chi connectivity index (χ1v) is 6.08. The average Bonchev–Trinajstić information content (AvgIpc) is 2.53. The predicted molar refractivity (Wildman–Crippen MR) is 65.7 cm³/mol. The van der Waals surface area contributed by atoms with Crippen LogP contribution in [-0.2, 0) is 4.79 Å². The largest absolute Gasteiger partial charge is 0.303 e. The van der Waals surface area contributed by atoms with E-state index in [1.165, 1.54) is 0 Å². The van der Waals surface area contributed by atoms with Crippen molar-refractivity contribution in [2.24, 2.45) is 15.9 Å². The van der Waals surface area contributed by atoms with Gasteiger partial charge in [-0.15, -0.1) is 0 Å². The Hall–Kier alpha value is -1.65. The van der Waals surface area contributed by atoms with E-state index in [4.69, 9.17) is 0 Å². The van der Waals surface area contributed by atoms with E-state index in [0.29, 0.717) is 12.3 Å². The normalized spacial score (nSPS) is 28.1. The summed E-state index contributed by atoms with van der Waals surface area (Å²) < 4.78 is 0. The van der Waals surface area contributed by atoms with Crippen LogP contribution in [0.1, 0.15) is 19.3 Å². The van der Waals surface area contributed by atoms with Crippen LogP contribution in [0.3, 0.4) is 0 Å². The van der Waals surface area contributed by atoms with Crippen molar-refractivity contribution >= 4 is 17.7 Å². The van der Waals surface area contributed by atoms with Crippen LogP contribution in [0.5, 0.6) is 0 Å². The summed E-state index contributed by atoms with van der Waals surface area (Å²) >= 11 is 0. The zero-order valence-corrected chi connectivity index (χ0v) is 9.96. The number of aliphatic imine (C=N–C) groups is 2. The number of rotatable bonds is 0. The van der Waals surface area contributed by atoms with E-state index in [1.54, 1.807) is 11.1 Å². The van der Waals surface area contributed by atoms with Gasteiger partial charge in [0.05, 0.1) is 0 Å². The highest BCUT2D eigenvalue weighted by molar-refractivity contribution is 6.09. The molecule has 0 N–H and O–H groups in total. The Kier molecular flexibility index (Phi) is 2.46. The summed E-state index contributed by atoms with van der Waals surface area (Å²) in [7, 11) is 1.95. The molecule has 17 heavy (non-hydrogen) atoms. The molecule has 0 saturated carbocycles. The third kappa shape index (κ3) is 1.66. The molecule has 3 heterocycles. The molecule has 1 saturated heterocycles. The van der Waals surface area contributed by atoms with Crippen molar-refractivity contribution in [3.63, 3.8) is 0 Å². The molecule has 1 unspecified atom stereocenters. The molecule has 0 aromatic rings. The van der Waals surface area contributed by atoms with Crippen molar-refractivity contribution < 1.29 is 4.79 Å². The molecule has 1 atom stereocenters. The van der Waals surface area contributed by atoms with Gasteiger partial charge in [-0.25, -0.2) is 4.99 Å². The second-order valence-corrected chi connectivity index (χ2v) is 4.66. The monoisotopic (exact) mass is 232 g/mol. The van der Waals surface area contributed by atoms with Crippen molar-refractivity contribution in [3.05, 3.63) is 12.3 Å². The maximum absolute atomic E-state index is 12.0. The summed E-state index contributed by atoms with van der Waals surface area (Å²) in [5.41, 5.74) is 0. The molecule has 3 rings (SSSR count). The first-order chi connectivity index (χ1) is 8.27.